The van der Waals surface area contributed by atoms with E-state index in [0.29, 0.717) is 30.3 Å². The zero-order valence-corrected chi connectivity index (χ0v) is 14.2. The van der Waals surface area contributed by atoms with Crippen LogP contribution in [0.5, 0.6) is 0 Å². The third kappa shape index (κ3) is 4.34. The third-order valence-electron chi connectivity index (χ3n) is 4.72. The Bertz CT molecular complexity index is 486. The average Bonchev–Trinajstić information content (AvgIpc) is 2.90. The van der Waals surface area contributed by atoms with E-state index in [9.17, 15) is 4.79 Å². The monoisotopic (exact) mass is 307 g/mol. The predicted molar refractivity (Wildman–Crippen MR) is 88.1 cm³/mol. The minimum atomic E-state index is -0.121. The quantitative estimate of drug-likeness (QED) is 0.790. The number of nitrogens with zero attached hydrogens (tertiary/aromatic N) is 1. The van der Waals surface area contributed by atoms with Gasteiger partial charge in [0.2, 0.25) is 0 Å². The fourth-order valence-corrected chi connectivity index (χ4v) is 3.09. The van der Waals surface area contributed by atoms with Crippen LogP contribution in [0, 0.1) is 12.8 Å². The molecule has 0 radical (unpaired) electrons. The summed E-state index contributed by atoms with van der Waals surface area (Å²) in [7, 11) is 2.20. The smallest absolute Gasteiger partial charge is 0.287 e. The van der Waals surface area contributed by atoms with Gasteiger partial charge in [0, 0.05) is 30.7 Å². The summed E-state index contributed by atoms with van der Waals surface area (Å²) < 4.78 is 5.18. The lowest BCUT2D eigenvalue weighted by Crippen LogP contribution is -2.51. The summed E-state index contributed by atoms with van der Waals surface area (Å²) in [4.78, 5) is 14.3. The van der Waals surface area contributed by atoms with Gasteiger partial charge < -0.3 is 20.0 Å². The number of furan rings is 1. The van der Waals surface area contributed by atoms with Gasteiger partial charge >= 0.3 is 0 Å². The van der Waals surface area contributed by atoms with E-state index in [1.54, 1.807) is 12.3 Å². The first kappa shape index (κ1) is 17.0. The van der Waals surface area contributed by atoms with Crippen molar-refractivity contribution >= 4 is 5.91 Å². The van der Waals surface area contributed by atoms with Crippen LogP contribution in [0.2, 0.25) is 0 Å². The van der Waals surface area contributed by atoms with Crippen molar-refractivity contribution in [1.29, 1.82) is 0 Å². The Labute approximate surface area is 133 Å². The number of nitrogens with one attached hydrogen (secondary N) is 2. The number of amides is 1. The Hall–Kier alpha value is -1.33. The first-order valence-electron chi connectivity index (χ1n) is 8.25. The molecule has 0 saturated carbocycles. The Morgan fingerprint density at radius 3 is 2.86 bits per heavy atom. The van der Waals surface area contributed by atoms with Gasteiger partial charge in [0.1, 0.15) is 0 Å². The number of aryl methyl sites for hydroxylation is 1. The Balaban J connectivity index is 1.63. The standard InChI is InChI=1S/C17H29N3O2/c1-12-6-9-22-16(12)17(21)19-8-5-7-18-15-10-14(3)20(4)11-13(15)2/h6,9,13-15,18H,5,7-8,10-11H2,1-4H3,(H,19,21)/t13-,14-,15+/m0/s1. The first-order chi connectivity index (χ1) is 10.5. The Kier molecular flexibility index (Phi) is 6.03. The molecule has 1 aliphatic rings. The summed E-state index contributed by atoms with van der Waals surface area (Å²) in [6.07, 6.45) is 3.67. The van der Waals surface area contributed by atoms with Crippen LogP contribution in [0.1, 0.15) is 42.8 Å². The topological polar surface area (TPSA) is 57.5 Å². The molecule has 1 fully saturated rings. The largest absolute Gasteiger partial charge is 0.459 e. The van der Waals surface area contributed by atoms with Gasteiger partial charge in [-0.3, -0.25) is 4.79 Å². The van der Waals surface area contributed by atoms with Gasteiger partial charge in [0.05, 0.1) is 6.26 Å². The second-order valence-corrected chi connectivity index (χ2v) is 6.60. The van der Waals surface area contributed by atoms with E-state index in [1.807, 2.05) is 6.92 Å². The molecule has 1 amide bonds. The summed E-state index contributed by atoms with van der Waals surface area (Å²) in [5, 5.41) is 6.55. The molecule has 5 nitrogen and oxygen atoms in total. The van der Waals surface area contributed by atoms with E-state index in [-0.39, 0.29) is 5.91 Å². The van der Waals surface area contributed by atoms with Crippen molar-refractivity contribution in [2.45, 2.75) is 45.7 Å². The second kappa shape index (κ2) is 7.79. The maximum Gasteiger partial charge on any atom is 0.287 e. The molecule has 22 heavy (non-hydrogen) atoms. The van der Waals surface area contributed by atoms with E-state index in [1.165, 1.54) is 6.42 Å². The minimum Gasteiger partial charge on any atom is -0.459 e. The zero-order chi connectivity index (χ0) is 16.1. The van der Waals surface area contributed by atoms with E-state index < -0.39 is 0 Å². The molecule has 3 atom stereocenters. The Morgan fingerprint density at radius 1 is 1.41 bits per heavy atom. The van der Waals surface area contributed by atoms with Crippen LogP contribution in [0.3, 0.4) is 0 Å². The van der Waals surface area contributed by atoms with Crippen molar-refractivity contribution in [2.75, 3.05) is 26.7 Å². The van der Waals surface area contributed by atoms with Gasteiger partial charge in [-0.1, -0.05) is 6.92 Å². The molecule has 1 saturated heterocycles. The fourth-order valence-electron chi connectivity index (χ4n) is 3.09. The lowest BCUT2D eigenvalue weighted by atomic mass is 9.90. The highest BCUT2D eigenvalue weighted by molar-refractivity contribution is 5.92. The van der Waals surface area contributed by atoms with Crippen LogP contribution in [0.4, 0.5) is 0 Å². The first-order valence-corrected chi connectivity index (χ1v) is 8.25. The molecule has 0 bridgehead atoms. The van der Waals surface area contributed by atoms with Crippen molar-refractivity contribution in [3.8, 4) is 0 Å². The summed E-state index contributed by atoms with van der Waals surface area (Å²) in [6.45, 7) is 9.22. The van der Waals surface area contributed by atoms with Crippen molar-refractivity contribution < 1.29 is 9.21 Å². The molecular formula is C17H29N3O2. The molecule has 2 heterocycles. The molecular weight excluding hydrogens is 278 g/mol. The van der Waals surface area contributed by atoms with Crippen molar-refractivity contribution in [3.05, 3.63) is 23.7 Å². The highest BCUT2D eigenvalue weighted by atomic mass is 16.3. The number of likely N-dealkylation sites (tertiary alicyclic amines) is 1. The molecule has 1 aromatic rings. The van der Waals surface area contributed by atoms with E-state index in [4.69, 9.17) is 4.42 Å². The van der Waals surface area contributed by atoms with Crippen molar-refractivity contribution in [3.63, 3.8) is 0 Å². The van der Waals surface area contributed by atoms with Crippen LogP contribution in [0.25, 0.3) is 0 Å². The van der Waals surface area contributed by atoms with Gasteiger partial charge in [0.25, 0.3) is 5.91 Å². The van der Waals surface area contributed by atoms with Gasteiger partial charge in [-0.25, -0.2) is 0 Å². The molecule has 2 rings (SSSR count). The number of carbonyl (C=O) groups excluding carboxylic acids is 1. The van der Waals surface area contributed by atoms with Crippen LogP contribution >= 0.6 is 0 Å². The number of rotatable bonds is 6. The van der Waals surface area contributed by atoms with Crippen molar-refractivity contribution in [1.82, 2.24) is 15.5 Å². The number of hydrogen-bond acceptors (Lipinski definition) is 4. The third-order valence-corrected chi connectivity index (χ3v) is 4.72. The molecule has 0 aromatic carbocycles. The molecule has 0 unspecified atom stereocenters. The van der Waals surface area contributed by atoms with E-state index in [0.717, 1.165) is 25.1 Å². The summed E-state index contributed by atoms with van der Waals surface area (Å²) in [6, 6.07) is 3.02. The van der Waals surface area contributed by atoms with Crippen LogP contribution < -0.4 is 10.6 Å². The SMILES string of the molecule is Cc1ccoc1C(=O)NCCCN[C@@H]1C[C@H](C)N(C)C[C@@H]1C. The van der Waals surface area contributed by atoms with Gasteiger partial charge in [0.15, 0.2) is 5.76 Å². The predicted octanol–water partition coefficient (Wildman–Crippen LogP) is 2.03. The second-order valence-electron chi connectivity index (χ2n) is 6.60. The average molecular weight is 307 g/mol. The summed E-state index contributed by atoms with van der Waals surface area (Å²) in [5.74, 6) is 0.969. The van der Waals surface area contributed by atoms with Gasteiger partial charge in [-0.05, 0) is 52.3 Å². The highest BCUT2D eigenvalue weighted by Crippen LogP contribution is 2.20. The van der Waals surface area contributed by atoms with E-state index >= 15 is 0 Å². The summed E-state index contributed by atoms with van der Waals surface area (Å²) >= 11 is 0. The molecule has 124 valence electrons. The molecule has 2 N–H and O–H groups in total. The summed E-state index contributed by atoms with van der Waals surface area (Å²) in [5.41, 5.74) is 0.879. The Morgan fingerprint density at radius 2 is 2.18 bits per heavy atom. The highest BCUT2D eigenvalue weighted by Gasteiger charge is 2.28. The maximum absolute atomic E-state index is 11.9. The number of carbonyl (C=O) groups is 1. The van der Waals surface area contributed by atoms with Crippen molar-refractivity contribution in [2.24, 2.45) is 5.92 Å². The minimum absolute atomic E-state index is 0.121. The van der Waals surface area contributed by atoms with Gasteiger partial charge in [-0.2, -0.15) is 0 Å². The molecule has 0 spiro atoms. The fraction of sp³-hybridized carbons (Fsp3) is 0.706. The zero-order valence-electron chi connectivity index (χ0n) is 14.2. The van der Waals surface area contributed by atoms with Gasteiger partial charge in [-0.15, -0.1) is 0 Å². The number of piperidine rings is 1. The lowest BCUT2D eigenvalue weighted by molar-refractivity contribution is 0.0923. The normalized spacial score (nSPS) is 26.1. The lowest BCUT2D eigenvalue weighted by Gasteiger charge is -2.40. The van der Waals surface area contributed by atoms with E-state index in [2.05, 4.69) is 36.4 Å². The van der Waals surface area contributed by atoms with Crippen LogP contribution in [0.15, 0.2) is 16.7 Å². The molecule has 1 aromatic heterocycles. The molecule has 1 aliphatic heterocycles. The maximum atomic E-state index is 11.9. The van der Waals surface area contributed by atoms with Crippen LogP contribution in [-0.2, 0) is 0 Å². The molecule has 5 heteroatoms. The van der Waals surface area contributed by atoms with Crippen LogP contribution in [-0.4, -0.2) is 49.6 Å². The number of hydrogen-bond donors (Lipinski definition) is 2. The molecule has 0 aliphatic carbocycles.